The lowest BCUT2D eigenvalue weighted by molar-refractivity contribution is 0.0982. The lowest BCUT2D eigenvalue weighted by Gasteiger charge is -2.11. The molecule has 1 heterocycles. The van der Waals surface area contributed by atoms with Crippen molar-refractivity contribution in [3.05, 3.63) is 89.7 Å². The van der Waals surface area contributed by atoms with Crippen LogP contribution in [-0.4, -0.2) is 26.1 Å². The molecule has 0 aliphatic heterocycles. The van der Waals surface area contributed by atoms with E-state index >= 15 is 0 Å². The molecule has 1 unspecified atom stereocenters. The van der Waals surface area contributed by atoms with Gasteiger partial charge < -0.3 is 5.11 Å². The zero-order chi connectivity index (χ0) is 19.3. The number of carbonyl (C=O) groups excluding carboxylic acids is 1. The first-order chi connectivity index (χ1) is 12.9. The minimum absolute atomic E-state index is 0.124. The highest BCUT2D eigenvalue weighted by molar-refractivity contribution is 7.99. The largest absolute Gasteiger partial charge is 0.508 e. The van der Waals surface area contributed by atoms with E-state index in [1.165, 1.54) is 18.5 Å². The van der Waals surface area contributed by atoms with Crippen LogP contribution in [0.2, 0.25) is 0 Å². The van der Waals surface area contributed by atoms with Crippen LogP contribution >= 0.6 is 0 Å². The summed E-state index contributed by atoms with van der Waals surface area (Å²) in [5.74, 6) is 8.99. The fourth-order valence-electron chi connectivity index (χ4n) is 2.27. The van der Waals surface area contributed by atoms with Gasteiger partial charge in [0.25, 0.3) is 5.91 Å². The summed E-state index contributed by atoms with van der Waals surface area (Å²) in [6.45, 7) is 0. The molecule has 1 amide bonds. The van der Waals surface area contributed by atoms with Crippen LogP contribution in [-0.2, 0) is 9.71 Å². The predicted octanol–water partition coefficient (Wildman–Crippen LogP) is 2.61. The second-order valence-electron chi connectivity index (χ2n) is 5.68. The maximum atomic E-state index is 12.7. The standard InChI is InChI=1S/C21H16N2O3S/c1-27(26,20-8-3-2-4-9-20)23-21(25)18-12-17(14-22-15-18)11-10-16-6-5-7-19(24)13-16/h2-9,12-15,24H,1H2,(H,23,25,26). The number of hydrogen-bond acceptors (Lipinski definition) is 4. The second kappa shape index (κ2) is 7.77. The van der Waals surface area contributed by atoms with Crippen molar-refractivity contribution in [2.75, 3.05) is 0 Å². The third-order valence-electron chi connectivity index (χ3n) is 3.58. The zero-order valence-corrected chi connectivity index (χ0v) is 15.1. The summed E-state index contributed by atoms with van der Waals surface area (Å²) in [6, 6.07) is 16.6. The maximum Gasteiger partial charge on any atom is 0.264 e. The van der Waals surface area contributed by atoms with Crippen LogP contribution in [0.5, 0.6) is 5.75 Å². The first-order valence-corrected chi connectivity index (χ1v) is 9.67. The van der Waals surface area contributed by atoms with Crippen molar-refractivity contribution in [2.24, 2.45) is 0 Å². The Morgan fingerprint density at radius 2 is 1.74 bits per heavy atom. The van der Waals surface area contributed by atoms with Gasteiger partial charge in [-0.15, -0.1) is 0 Å². The van der Waals surface area contributed by atoms with E-state index in [2.05, 4.69) is 27.4 Å². The van der Waals surface area contributed by atoms with Crippen molar-refractivity contribution < 1.29 is 14.1 Å². The van der Waals surface area contributed by atoms with Gasteiger partial charge in [0.1, 0.15) is 5.75 Å². The van der Waals surface area contributed by atoms with Crippen molar-refractivity contribution in [3.8, 4) is 17.6 Å². The Balaban J connectivity index is 1.80. The van der Waals surface area contributed by atoms with Crippen LogP contribution in [0.25, 0.3) is 0 Å². The first-order valence-electron chi connectivity index (χ1n) is 7.94. The molecule has 134 valence electrons. The number of rotatable bonds is 3. The van der Waals surface area contributed by atoms with Gasteiger partial charge in [0.2, 0.25) is 0 Å². The van der Waals surface area contributed by atoms with Gasteiger partial charge in [0.15, 0.2) is 0 Å². The van der Waals surface area contributed by atoms with Crippen LogP contribution in [0.1, 0.15) is 21.5 Å². The van der Waals surface area contributed by atoms with E-state index in [9.17, 15) is 14.1 Å². The average Bonchev–Trinajstić information content (AvgIpc) is 2.67. The van der Waals surface area contributed by atoms with E-state index in [0.717, 1.165) is 0 Å². The van der Waals surface area contributed by atoms with E-state index in [1.54, 1.807) is 54.6 Å². The summed E-state index contributed by atoms with van der Waals surface area (Å²) in [7, 11) is -2.97. The summed E-state index contributed by atoms with van der Waals surface area (Å²) in [5, 5.41) is 9.46. The van der Waals surface area contributed by atoms with Crippen LogP contribution in [0.4, 0.5) is 0 Å². The lowest BCUT2D eigenvalue weighted by Crippen LogP contribution is -2.30. The molecule has 0 saturated carbocycles. The van der Waals surface area contributed by atoms with Crippen molar-refractivity contribution in [1.29, 1.82) is 0 Å². The number of aromatic hydroxyl groups is 1. The topological polar surface area (TPSA) is 79.3 Å². The molecule has 0 bridgehead atoms. The third-order valence-corrected chi connectivity index (χ3v) is 5.13. The van der Waals surface area contributed by atoms with Crippen molar-refractivity contribution >= 4 is 21.5 Å². The molecule has 0 aliphatic carbocycles. The molecule has 1 aromatic heterocycles. The molecule has 0 aliphatic rings. The minimum atomic E-state index is -2.97. The SMILES string of the molecule is C=S(=O)(NC(=O)c1cncc(C#Cc2cccc(O)c2)c1)c1ccccc1. The second-order valence-corrected chi connectivity index (χ2v) is 7.71. The smallest absolute Gasteiger partial charge is 0.264 e. The van der Waals surface area contributed by atoms with Gasteiger partial charge in [0, 0.05) is 28.4 Å². The lowest BCUT2D eigenvalue weighted by atomic mass is 10.1. The molecule has 0 saturated heterocycles. The fourth-order valence-corrected chi connectivity index (χ4v) is 3.40. The number of hydrogen-bond donors (Lipinski definition) is 2. The molecule has 0 spiro atoms. The quantitative estimate of drug-likeness (QED) is 0.544. The molecule has 6 heteroatoms. The summed E-state index contributed by atoms with van der Waals surface area (Å²) in [5.41, 5.74) is 1.38. The van der Waals surface area contributed by atoms with Gasteiger partial charge >= 0.3 is 0 Å². The molecule has 1 atom stereocenters. The van der Waals surface area contributed by atoms with Crippen LogP contribution in [0.3, 0.4) is 0 Å². The molecular formula is C21H16N2O3S. The highest BCUT2D eigenvalue weighted by Gasteiger charge is 2.13. The molecule has 0 fully saturated rings. The average molecular weight is 376 g/mol. The van der Waals surface area contributed by atoms with Crippen molar-refractivity contribution in [3.63, 3.8) is 0 Å². The summed E-state index contributed by atoms with van der Waals surface area (Å²) < 4.78 is 15.1. The number of nitrogens with zero attached hydrogens (tertiary/aromatic N) is 1. The first kappa shape index (κ1) is 18.2. The number of carbonyl (C=O) groups is 1. The van der Waals surface area contributed by atoms with Crippen molar-refractivity contribution in [1.82, 2.24) is 9.71 Å². The zero-order valence-electron chi connectivity index (χ0n) is 14.3. The molecule has 3 rings (SSSR count). The molecule has 0 radical (unpaired) electrons. The summed E-state index contributed by atoms with van der Waals surface area (Å²) in [4.78, 5) is 16.9. The van der Waals surface area contributed by atoms with Gasteiger partial charge in [-0.1, -0.05) is 36.1 Å². The Bertz CT molecular complexity index is 1140. The van der Waals surface area contributed by atoms with Crippen LogP contribution in [0, 0.1) is 11.8 Å². The Morgan fingerprint density at radius 3 is 2.48 bits per heavy atom. The molecule has 27 heavy (non-hydrogen) atoms. The van der Waals surface area contributed by atoms with Crippen molar-refractivity contribution in [2.45, 2.75) is 4.90 Å². The Kier molecular flexibility index (Phi) is 5.25. The number of aromatic nitrogens is 1. The molecular weight excluding hydrogens is 360 g/mol. The number of benzene rings is 2. The Morgan fingerprint density at radius 1 is 1.00 bits per heavy atom. The fraction of sp³-hybridized carbons (Fsp3) is 0. The summed E-state index contributed by atoms with van der Waals surface area (Å²) in [6.07, 6.45) is 2.89. The number of nitrogens with one attached hydrogen (secondary N) is 1. The number of phenols is 1. The predicted molar refractivity (Wildman–Crippen MR) is 106 cm³/mol. The van der Waals surface area contributed by atoms with E-state index in [0.29, 0.717) is 16.0 Å². The van der Waals surface area contributed by atoms with Crippen LogP contribution < -0.4 is 4.72 Å². The number of phenolic OH excluding ortho intramolecular Hbond substituents is 1. The summed E-state index contributed by atoms with van der Waals surface area (Å²) >= 11 is 0. The van der Waals surface area contributed by atoms with Gasteiger partial charge in [0.05, 0.1) is 15.3 Å². The van der Waals surface area contributed by atoms with Gasteiger partial charge in [-0.05, 0) is 42.3 Å². The number of pyridine rings is 1. The third kappa shape index (κ3) is 4.75. The van der Waals surface area contributed by atoms with Crippen LogP contribution in [0.15, 0.2) is 78.0 Å². The monoisotopic (exact) mass is 376 g/mol. The maximum absolute atomic E-state index is 12.7. The minimum Gasteiger partial charge on any atom is -0.508 e. The van der Waals surface area contributed by atoms with E-state index < -0.39 is 15.6 Å². The molecule has 2 N–H and O–H groups in total. The van der Waals surface area contributed by atoms with E-state index in [4.69, 9.17) is 0 Å². The van der Waals surface area contributed by atoms with E-state index in [-0.39, 0.29) is 11.3 Å². The highest BCUT2D eigenvalue weighted by atomic mass is 32.2. The Labute approximate surface area is 157 Å². The van der Waals surface area contributed by atoms with Gasteiger partial charge in [-0.25, -0.2) is 4.21 Å². The van der Waals surface area contributed by atoms with Gasteiger partial charge in [-0.3, -0.25) is 14.5 Å². The molecule has 3 aromatic rings. The van der Waals surface area contributed by atoms with E-state index in [1.807, 2.05) is 0 Å². The number of amides is 1. The molecule has 2 aromatic carbocycles. The normalized spacial score (nSPS) is 12.3. The highest BCUT2D eigenvalue weighted by Crippen LogP contribution is 2.11. The van der Waals surface area contributed by atoms with Gasteiger partial charge in [-0.2, -0.15) is 0 Å². The Hall–Kier alpha value is -3.56. The molecule has 5 nitrogen and oxygen atoms in total.